The van der Waals surface area contributed by atoms with Crippen molar-refractivity contribution in [1.29, 1.82) is 0 Å². The third-order valence-electron chi connectivity index (χ3n) is 2.82. The summed E-state index contributed by atoms with van der Waals surface area (Å²) in [5, 5.41) is 0. The van der Waals surface area contributed by atoms with E-state index in [-0.39, 0.29) is 22.7 Å². The van der Waals surface area contributed by atoms with Crippen molar-refractivity contribution in [2.24, 2.45) is 0 Å². The van der Waals surface area contributed by atoms with Crippen molar-refractivity contribution in [3.8, 4) is 5.75 Å². The van der Waals surface area contributed by atoms with Gasteiger partial charge in [0.05, 0.1) is 7.11 Å². The number of pyridine rings is 1. The molecule has 0 atom stereocenters. The Morgan fingerprint density at radius 2 is 2.11 bits per heavy atom. The summed E-state index contributed by atoms with van der Waals surface area (Å²) < 4.78 is 5.04. The lowest BCUT2D eigenvalue weighted by Gasteiger charge is -2.09. The largest absolute Gasteiger partial charge is 0.491 e. The van der Waals surface area contributed by atoms with Crippen molar-refractivity contribution in [3.05, 3.63) is 39.8 Å². The van der Waals surface area contributed by atoms with Gasteiger partial charge in [-0.05, 0) is 26.2 Å². The lowest BCUT2D eigenvalue weighted by Crippen LogP contribution is -2.16. The third kappa shape index (κ3) is 4.09. The number of rotatable bonds is 7. The lowest BCUT2D eigenvalue weighted by atomic mass is 10.1. The van der Waals surface area contributed by atoms with Gasteiger partial charge in [-0.2, -0.15) is 0 Å². The smallest absolute Gasteiger partial charge is 0.224 e. The Morgan fingerprint density at radius 1 is 1.42 bits per heavy atom. The van der Waals surface area contributed by atoms with Crippen molar-refractivity contribution >= 4 is 5.78 Å². The van der Waals surface area contributed by atoms with E-state index in [1.807, 2.05) is 13.8 Å². The van der Waals surface area contributed by atoms with Crippen LogP contribution < -0.4 is 10.2 Å². The number of allylic oxidation sites excluding steroid dienone is 1. The highest BCUT2D eigenvalue weighted by atomic mass is 16.5. The van der Waals surface area contributed by atoms with Crippen LogP contribution in [0.1, 0.15) is 49.3 Å². The van der Waals surface area contributed by atoms with E-state index in [4.69, 9.17) is 4.74 Å². The monoisotopic (exact) mass is 263 g/mol. The van der Waals surface area contributed by atoms with Crippen LogP contribution in [-0.2, 0) is 6.42 Å². The molecule has 0 aliphatic heterocycles. The van der Waals surface area contributed by atoms with E-state index in [1.54, 1.807) is 0 Å². The Morgan fingerprint density at radius 3 is 2.63 bits per heavy atom. The van der Waals surface area contributed by atoms with E-state index < -0.39 is 0 Å². The van der Waals surface area contributed by atoms with Crippen LogP contribution in [0.15, 0.2) is 23.0 Å². The first-order valence-electron chi connectivity index (χ1n) is 6.47. The van der Waals surface area contributed by atoms with Gasteiger partial charge < -0.3 is 9.72 Å². The minimum atomic E-state index is -0.252. The van der Waals surface area contributed by atoms with Crippen LogP contribution in [0, 0.1) is 0 Å². The maximum atomic E-state index is 12.0. The fourth-order valence-corrected chi connectivity index (χ4v) is 1.83. The molecule has 0 amide bonds. The first-order valence-corrected chi connectivity index (χ1v) is 6.47. The number of aromatic nitrogens is 1. The number of hydrogen-bond donors (Lipinski definition) is 1. The summed E-state index contributed by atoms with van der Waals surface area (Å²) in [6.45, 7) is 7.69. The van der Waals surface area contributed by atoms with Crippen molar-refractivity contribution in [2.45, 2.75) is 39.5 Å². The number of hydrogen-bond acceptors (Lipinski definition) is 3. The van der Waals surface area contributed by atoms with Gasteiger partial charge in [0.25, 0.3) is 0 Å². The molecule has 0 unspecified atom stereocenters. The molecule has 0 aromatic carbocycles. The summed E-state index contributed by atoms with van der Waals surface area (Å²) in [5.74, 6) is 0.0196. The second kappa shape index (κ2) is 6.92. The summed E-state index contributed by atoms with van der Waals surface area (Å²) in [6.07, 6.45) is 2.58. The Hall–Kier alpha value is -1.84. The predicted molar refractivity (Wildman–Crippen MR) is 76.0 cm³/mol. The van der Waals surface area contributed by atoms with Crippen molar-refractivity contribution < 1.29 is 9.53 Å². The van der Waals surface area contributed by atoms with E-state index in [1.165, 1.54) is 13.2 Å². The zero-order chi connectivity index (χ0) is 14.4. The second-order valence-electron chi connectivity index (χ2n) is 4.70. The maximum Gasteiger partial charge on any atom is 0.224 e. The van der Waals surface area contributed by atoms with Crippen molar-refractivity contribution in [2.75, 3.05) is 7.11 Å². The number of methoxy groups -OCH3 is 1. The van der Waals surface area contributed by atoms with Gasteiger partial charge in [0.15, 0.2) is 11.5 Å². The molecule has 1 N–H and O–H groups in total. The van der Waals surface area contributed by atoms with E-state index in [2.05, 4.69) is 11.6 Å². The zero-order valence-corrected chi connectivity index (χ0v) is 11.8. The molecule has 4 heteroatoms. The average Bonchev–Trinajstić information content (AvgIpc) is 2.35. The van der Waals surface area contributed by atoms with E-state index in [0.717, 1.165) is 24.1 Å². The second-order valence-corrected chi connectivity index (χ2v) is 4.70. The van der Waals surface area contributed by atoms with Crippen LogP contribution in [0.2, 0.25) is 0 Å². The van der Waals surface area contributed by atoms with Gasteiger partial charge >= 0.3 is 0 Å². The number of aryl methyl sites for hydroxylation is 1. The molecule has 0 aliphatic carbocycles. The number of nitrogens with one attached hydrogen (secondary N) is 1. The van der Waals surface area contributed by atoms with Crippen molar-refractivity contribution in [1.82, 2.24) is 4.98 Å². The fourth-order valence-electron chi connectivity index (χ4n) is 1.83. The molecule has 0 saturated carbocycles. The maximum absolute atomic E-state index is 12.0. The number of carbonyl (C=O) groups excluding carboxylic acids is 1. The SMILES string of the molecule is C=C(C)CCc1cc(=O)c(OC)c(C(=O)CCC)[nH]1. The Bertz CT molecular complexity index is 529. The van der Waals surface area contributed by atoms with Gasteiger partial charge in [-0.15, -0.1) is 6.58 Å². The van der Waals surface area contributed by atoms with Crippen LogP contribution in [-0.4, -0.2) is 17.9 Å². The molecule has 1 aromatic rings. The van der Waals surface area contributed by atoms with E-state index in [0.29, 0.717) is 12.8 Å². The highest BCUT2D eigenvalue weighted by molar-refractivity contribution is 5.96. The van der Waals surface area contributed by atoms with E-state index in [9.17, 15) is 9.59 Å². The van der Waals surface area contributed by atoms with Gasteiger partial charge in [0.2, 0.25) is 5.43 Å². The minimum Gasteiger partial charge on any atom is -0.491 e. The summed E-state index contributed by atoms with van der Waals surface area (Å²) in [6, 6.07) is 1.49. The third-order valence-corrected chi connectivity index (χ3v) is 2.82. The molecule has 1 rings (SSSR count). The topological polar surface area (TPSA) is 59.2 Å². The predicted octanol–water partition coefficient (Wildman–Crippen LogP) is 2.88. The highest BCUT2D eigenvalue weighted by Crippen LogP contribution is 2.15. The molecule has 0 fully saturated rings. The van der Waals surface area contributed by atoms with Crippen LogP contribution in [0.25, 0.3) is 0 Å². The molecule has 104 valence electrons. The van der Waals surface area contributed by atoms with Gasteiger partial charge in [0.1, 0.15) is 5.69 Å². The standard InChI is InChI=1S/C15H21NO3/c1-5-6-12(17)14-15(19-4)13(18)9-11(16-14)8-7-10(2)3/h9H,2,5-8H2,1,3-4H3,(H,16,18). The van der Waals surface area contributed by atoms with Gasteiger partial charge in [-0.25, -0.2) is 0 Å². The molecule has 0 radical (unpaired) electrons. The molecule has 0 aliphatic rings. The Kier molecular flexibility index (Phi) is 5.55. The highest BCUT2D eigenvalue weighted by Gasteiger charge is 2.16. The molecule has 4 nitrogen and oxygen atoms in total. The number of Topliss-reactive ketones (excluding diaryl/α,β-unsaturated/α-hetero) is 1. The Balaban J connectivity index is 3.14. The Labute approximate surface area is 113 Å². The van der Waals surface area contributed by atoms with Crippen LogP contribution in [0.3, 0.4) is 0 Å². The molecule has 19 heavy (non-hydrogen) atoms. The van der Waals surface area contributed by atoms with Crippen LogP contribution >= 0.6 is 0 Å². The van der Waals surface area contributed by atoms with E-state index >= 15 is 0 Å². The number of aromatic amines is 1. The summed E-state index contributed by atoms with van der Waals surface area (Å²) in [4.78, 5) is 27.0. The van der Waals surface area contributed by atoms with Gasteiger partial charge in [-0.3, -0.25) is 9.59 Å². The molecule has 0 saturated heterocycles. The first kappa shape index (κ1) is 15.2. The molecule has 1 heterocycles. The van der Waals surface area contributed by atoms with Crippen LogP contribution in [0.4, 0.5) is 0 Å². The number of H-pyrrole nitrogens is 1. The lowest BCUT2D eigenvalue weighted by molar-refractivity contribution is 0.0973. The van der Waals surface area contributed by atoms with Gasteiger partial charge in [0, 0.05) is 18.2 Å². The molecule has 0 bridgehead atoms. The number of ether oxygens (including phenoxy) is 1. The average molecular weight is 263 g/mol. The quantitative estimate of drug-likeness (QED) is 0.608. The summed E-state index contributed by atoms with van der Waals surface area (Å²) >= 11 is 0. The first-order chi connectivity index (χ1) is 8.99. The normalized spacial score (nSPS) is 10.3. The van der Waals surface area contributed by atoms with Crippen molar-refractivity contribution in [3.63, 3.8) is 0 Å². The molecule has 1 aromatic heterocycles. The van der Waals surface area contributed by atoms with Gasteiger partial charge in [-0.1, -0.05) is 12.5 Å². The minimum absolute atomic E-state index is 0.0892. The zero-order valence-electron chi connectivity index (χ0n) is 11.8. The number of ketones is 1. The number of carbonyl (C=O) groups is 1. The summed E-state index contributed by atoms with van der Waals surface area (Å²) in [5.41, 5.74) is 1.82. The molecular formula is C15H21NO3. The molecular weight excluding hydrogens is 242 g/mol. The molecule has 0 spiro atoms. The van der Waals surface area contributed by atoms with Crippen LogP contribution in [0.5, 0.6) is 5.75 Å². The summed E-state index contributed by atoms with van der Waals surface area (Å²) in [7, 11) is 1.40. The fraction of sp³-hybridized carbons (Fsp3) is 0.467.